The highest BCUT2D eigenvalue weighted by Gasteiger charge is 2.20. The number of benzene rings is 1. The van der Waals surface area contributed by atoms with Crippen LogP contribution in [0.15, 0.2) is 24.3 Å². The van der Waals surface area contributed by atoms with E-state index in [1.54, 1.807) is 0 Å². The monoisotopic (exact) mass is 290 g/mol. The lowest BCUT2D eigenvalue weighted by molar-refractivity contribution is -0.0927. The van der Waals surface area contributed by atoms with Crippen molar-refractivity contribution in [1.29, 1.82) is 0 Å². The Morgan fingerprint density at radius 2 is 1.81 bits per heavy atom. The Hall–Kier alpha value is -1.10. The predicted molar refractivity (Wildman–Crippen MR) is 85.0 cm³/mol. The average Bonchev–Trinajstić information content (AvgIpc) is 2.55. The van der Waals surface area contributed by atoms with Crippen molar-refractivity contribution in [3.63, 3.8) is 0 Å². The van der Waals surface area contributed by atoms with Crippen LogP contribution in [-0.2, 0) is 9.47 Å². The molecule has 0 saturated carbocycles. The molecule has 0 spiro atoms. The fourth-order valence-corrected chi connectivity index (χ4v) is 3.02. The number of aryl methyl sites for hydroxylation is 1. The molecule has 1 aromatic rings. The smallest absolute Gasteiger partial charge is 0.0821 e. The highest BCUT2D eigenvalue weighted by Crippen LogP contribution is 2.17. The molecule has 2 heterocycles. The largest absolute Gasteiger partial charge is 0.376 e. The Morgan fingerprint density at radius 3 is 2.48 bits per heavy atom. The standard InChI is InChI=1S/C17H26N2O2/c1-15-2-4-16(5-3-15)19-10-8-18(9-11-19)7-6-17-14-20-12-13-21-17/h2-5,17H,6-14H2,1H3. The quantitative estimate of drug-likeness (QED) is 0.846. The molecule has 0 radical (unpaired) electrons. The van der Waals surface area contributed by atoms with Gasteiger partial charge in [-0.1, -0.05) is 17.7 Å². The van der Waals surface area contributed by atoms with Crippen molar-refractivity contribution in [2.75, 3.05) is 57.4 Å². The number of hydrogen-bond donors (Lipinski definition) is 0. The van der Waals surface area contributed by atoms with Gasteiger partial charge in [0.05, 0.1) is 25.9 Å². The Labute approximate surface area is 127 Å². The van der Waals surface area contributed by atoms with Gasteiger partial charge in [-0.05, 0) is 25.5 Å². The molecule has 0 aromatic heterocycles. The van der Waals surface area contributed by atoms with Crippen LogP contribution in [0.25, 0.3) is 0 Å². The molecule has 0 aliphatic carbocycles. The Morgan fingerprint density at radius 1 is 1.05 bits per heavy atom. The SMILES string of the molecule is Cc1ccc(N2CCN(CCC3COCCO3)CC2)cc1. The van der Waals surface area contributed by atoms with E-state index in [1.807, 2.05) is 0 Å². The van der Waals surface area contributed by atoms with Gasteiger partial charge in [0.1, 0.15) is 0 Å². The van der Waals surface area contributed by atoms with Crippen molar-refractivity contribution in [1.82, 2.24) is 4.90 Å². The van der Waals surface area contributed by atoms with Gasteiger partial charge in [-0.3, -0.25) is 4.90 Å². The molecule has 4 nitrogen and oxygen atoms in total. The van der Waals surface area contributed by atoms with E-state index in [2.05, 4.69) is 41.0 Å². The van der Waals surface area contributed by atoms with E-state index in [9.17, 15) is 0 Å². The predicted octanol–water partition coefficient (Wildman–Crippen LogP) is 1.92. The summed E-state index contributed by atoms with van der Waals surface area (Å²) in [7, 11) is 0. The first-order valence-corrected chi connectivity index (χ1v) is 8.04. The van der Waals surface area contributed by atoms with Crippen LogP contribution in [0, 0.1) is 6.92 Å². The zero-order chi connectivity index (χ0) is 14.5. The van der Waals surface area contributed by atoms with Gasteiger partial charge in [-0.2, -0.15) is 0 Å². The van der Waals surface area contributed by atoms with E-state index in [4.69, 9.17) is 9.47 Å². The Bertz CT molecular complexity index is 421. The first-order valence-electron chi connectivity index (χ1n) is 8.04. The summed E-state index contributed by atoms with van der Waals surface area (Å²) in [5.41, 5.74) is 2.68. The van der Waals surface area contributed by atoms with E-state index in [0.717, 1.165) is 59.0 Å². The summed E-state index contributed by atoms with van der Waals surface area (Å²) in [5, 5.41) is 0. The van der Waals surface area contributed by atoms with Crippen LogP contribution in [0.4, 0.5) is 5.69 Å². The minimum Gasteiger partial charge on any atom is -0.376 e. The summed E-state index contributed by atoms with van der Waals surface area (Å²) < 4.78 is 11.2. The summed E-state index contributed by atoms with van der Waals surface area (Å²) >= 11 is 0. The second kappa shape index (κ2) is 7.25. The van der Waals surface area contributed by atoms with Crippen LogP contribution >= 0.6 is 0 Å². The molecule has 2 aliphatic rings. The van der Waals surface area contributed by atoms with E-state index < -0.39 is 0 Å². The van der Waals surface area contributed by atoms with Crippen molar-refractivity contribution in [3.8, 4) is 0 Å². The molecule has 0 N–H and O–H groups in total. The van der Waals surface area contributed by atoms with Gasteiger partial charge in [0.15, 0.2) is 0 Å². The number of anilines is 1. The van der Waals surface area contributed by atoms with Crippen LogP contribution < -0.4 is 4.90 Å². The molecule has 2 aliphatic heterocycles. The van der Waals surface area contributed by atoms with Gasteiger partial charge in [-0.15, -0.1) is 0 Å². The maximum Gasteiger partial charge on any atom is 0.0821 e. The third-order valence-electron chi connectivity index (χ3n) is 4.42. The zero-order valence-electron chi connectivity index (χ0n) is 13.0. The first-order chi connectivity index (χ1) is 10.3. The van der Waals surface area contributed by atoms with E-state index in [-0.39, 0.29) is 0 Å². The van der Waals surface area contributed by atoms with Crippen LogP contribution in [0.5, 0.6) is 0 Å². The molecule has 1 unspecified atom stereocenters. The van der Waals surface area contributed by atoms with Crippen LogP contribution in [0.2, 0.25) is 0 Å². The fraction of sp³-hybridized carbons (Fsp3) is 0.647. The van der Waals surface area contributed by atoms with Crippen molar-refractivity contribution < 1.29 is 9.47 Å². The highest BCUT2D eigenvalue weighted by molar-refractivity contribution is 5.47. The van der Waals surface area contributed by atoms with Gasteiger partial charge in [0.25, 0.3) is 0 Å². The summed E-state index contributed by atoms with van der Waals surface area (Å²) in [6.07, 6.45) is 1.39. The summed E-state index contributed by atoms with van der Waals surface area (Å²) in [6, 6.07) is 8.86. The molecule has 0 bridgehead atoms. The third kappa shape index (κ3) is 4.19. The molecule has 21 heavy (non-hydrogen) atoms. The van der Waals surface area contributed by atoms with Gasteiger partial charge in [0, 0.05) is 38.4 Å². The summed E-state index contributed by atoms with van der Waals surface area (Å²) in [5.74, 6) is 0. The van der Waals surface area contributed by atoms with Gasteiger partial charge in [0.2, 0.25) is 0 Å². The van der Waals surface area contributed by atoms with E-state index in [0.29, 0.717) is 6.10 Å². The summed E-state index contributed by atoms with van der Waals surface area (Å²) in [6.45, 7) is 10.1. The third-order valence-corrected chi connectivity index (χ3v) is 4.42. The van der Waals surface area contributed by atoms with Crippen LogP contribution in [0.3, 0.4) is 0 Å². The second-order valence-electron chi connectivity index (χ2n) is 6.02. The first kappa shape index (κ1) is 14.8. The molecule has 3 rings (SSSR count). The summed E-state index contributed by atoms with van der Waals surface area (Å²) in [4.78, 5) is 5.03. The number of ether oxygens (including phenoxy) is 2. The molecule has 2 saturated heterocycles. The molecule has 116 valence electrons. The lowest BCUT2D eigenvalue weighted by atomic mass is 10.2. The number of piperazine rings is 1. The van der Waals surface area contributed by atoms with Crippen LogP contribution in [0.1, 0.15) is 12.0 Å². The fourth-order valence-electron chi connectivity index (χ4n) is 3.02. The van der Waals surface area contributed by atoms with Crippen LogP contribution in [-0.4, -0.2) is 63.5 Å². The topological polar surface area (TPSA) is 24.9 Å². The van der Waals surface area contributed by atoms with E-state index >= 15 is 0 Å². The molecule has 0 amide bonds. The molecule has 2 fully saturated rings. The minimum absolute atomic E-state index is 0.300. The average molecular weight is 290 g/mol. The maximum absolute atomic E-state index is 5.71. The molecular weight excluding hydrogens is 264 g/mol. The minimum atomic E-state index is 0.300. The second-order valence-corrected chi connectivity index (χ2v) is 6.02. The number of nitrogens with zero attached hydrogens (tertiary/aromatic N) is 2. The van der Waals surface area contributed by atoms with Crippen molar-refractivity contribution in [2.45, 2.75) is 19.4 Å². The molecule has 1 aromatic carbocycles. The maximum atomic E-state index is 5.71. The molecule has 1 atom stereocenters. The Balaban J connectivity index is 1.41. The Kier molecular flexibility index (Phi) is 5.12. The normalized spacial score (nSPS) is 24.2. The van der Waals surface area contributed by atoms with Gasteiger partial charge < -0.3 is 14.4 Å². The lowest BCUT2D eigenvalue weighted by Gasteiger charge is -2.37. The molecule has 4 heteroatoms. The molecular formula is C17H26N2O2. The van der Waals surface area contributed by atoms with E-state index in [1.165, 1.54) is 11.3 Å². The highest BCUT2D eigenvalue weighted by atomic mass is 16.6. The van der Waals surface area contributed by atoms with Gasteiger partial charge >= 0.3 is 0 Å². The number of rotatable bonds is 4. The number of hydrogen-bond acceptors (Lipinski definition) is 4. The van der Waals surface area contributed by atoms with Crippen molar-refractivity contribution in [2.24, 2.45) is 0 Å². The lowest BCUT2D eigenvalue weighted by Crippen LogP contribution is -2.47. The zero-order valence-corrected chi connectivity index (χ0v) is 13.0. The van der Waals surface area contributed by atoms with Gasteiger partial charge in [-0.25, -0.2) is 0 Å². The van der Waals surface area contributed by atoms with Crippen molar-refractivity contribution in [3.05, 3.63) is 29.8 Å². The van der Waals surface area contributed by atoms with Crippen molar-refractivity contribution >= 4 is 5.69 Å².